The van der Waals surface area contributed by atoms with Crippen molar-refractivity contribution in [3.05, 3.63) is 22.6 Å². The predicted molar refractivity (Wildman–Crippen MR) is 68.4 cm³/mol. The summed E-state index contributed by atoms with van der Waals surface area (Å²) in [5.41, 5.74) is 0. The average molecular weight is 287 g/mol. The van der Waals surface area contributed by atoms with Crippen molar-refractivity contribution in [1.82, 2.24) is 10.2 Å². The quantitative estimate of drug-likeness (QED) is 0.922. The van der Waals surface area contributed by atoms with Crippen LogP contribution in [0.25, 0.3) is 0 Å². The molecule has 2 rings (SSSR count). The Morgan fingerprint density at radius 1 is 1.50 bits per heavy atom. The molecule has 4 heteroatoms. The highest BCUT2D eigenvalue weighted by Gasteiger charge is 2.15. The van der Waals surface area contributed by atoms with Gasteiger partial charge >= 0.3 is 0 Å². The fourth-order valence-electron chi connectivity index (χ4n) is 2.22. The van der Waals surface area contributed by atoms with Gasteiger partial charge in [-0.05, 0) is 54.5 Å². The summed E-state index contributed by atoms with van der Waals surface area (Å²) in [6, 6.07) is 4.62. The summed E-state index contributed by atoms with van der Waals surface area (Å²) in [5.74, 6) is 1.02. The number of nitrogens with zero attached hydrogens (tertiary/aromatic N) is 1. The Morgan fingerprint density at radius 3 is 3.00 bits per heavy atom. The number of piperidine rings is 1. The van der Waals surface area contributed by atoms with Gasteiger partial charge in [0.1, 0.15) is 5.76 Å². The van der Waals surface area contributed by atoms with Gasteiger partial charge in [0.05, 0.1) is 6.54 Å². The SMILES string of the molecule is CN(Cc1ccc(Br)o1)CC1CCCCN1. The van der Waals surface area contributed by atoms with Gasteiger partial charge < -0.3 is 9.73 Å². The molecule has 1 aromatic rings. The molecule has 3 nitrogen and oxygen atoms in total. The zero-order valence-electron chi connectivity index (χ0n) is 9.71. The fourth-order valence-corrected chi connectivity index (χ4v) is 2.56. The molecule has 0 saturated carbocycles. The summed E-state index contributed by atoms with van der Waals surface area (Å²) in [4.78, 5) is 2.31. The first-order valence-electron chi connectivity index (χ1n) is 5.90. The van der Waals surface area contributed by atoms with Crippen molar-refractivity contribution < 1.29 is 4.42 Å². The molecule has 0 radical (unpaired) electrons. The van der Waals surface area contributed by atoms with Gasteiger partial charge in [0.2, 0.25) is 0 Å². The maximum Gasteiger partial charge on any atom is 0.169 e. The van der Waals surface area contributed by atoms with E-state index in [2.05, 4.69) is 33.2 Å². The largest absolute Gasteiger partial charge is 0.453 e. The van der Waals surface area contributed by atoms with Crippen molar-refractivity contribution in [3.63, 3.8) is 0 Å². The van der Waals surface area contributed by atoms with Gasteiger partial charge in [-0.1, -0.05) is 6.42 Å². The molecule has 1 aromatic heterocycles. The van der Waals surface area contributed by atoms with Crippen molar-refractivity contribution in [2.24, 2.45) is 0 Å². The van der Waals surface area contributed by atoms with Crippen LogP contribution in [0.15, 0.2) is 21.2 Å². The van der Waals surface area contributed by atoms with Crippen molar-refractivity contribution in [2.75, 3.05) is 20.1 Å². The Morgan fingerprint density at radius 2 is 2.38 bits per heavy atom. The maximum atomic E-state index is 5.50. The number of likely N-dealkylation sites (N-methyl/N-ethyl adjacent to an activating group) is 1. The highest BCUT2D eigenvalue weighted by molar-refractivity contribution is 9.10. The van der Waals surface area contributed by atoms with Crippen LogP contribution < -0.4 is 5.32 Å². The van der Waals surface area contributed by atoms with Gasteiger partial charge in [-0.15, -0.1) is 0 Å². The van der Waals surface area contributed by atoms with Crippen LogP contribution >= 0.6 is 15.9 Å². The summed E-state index contributed by atoms with van der Waals surface area (Å²) in [6.45, 7) is 3.15. The van der Waals surface area contributed by atoms with E-state index >= 15 is 0 Å². The minimum Gasteiger partial charge on any atom is -0.453 e. The molecule has 16 heavy (non-hydrogen) atoms. The van der Waals surface area contributed by atoms with Crippen molar-refractivity contribution in [2.45, 2.75) is 31.8 Å². The van der Waals surface area contributed by atoms with E-state index in [4.69, 9.17) is 4.42 Å². The Labute approximate surface area is 105 Å². The normalized spacial score (nSPS) is 21.6. The van der Waals surface area contributed by atoms with E-state index in [9.17, 15) is 0 Å². The summed E-state index contributed by atoms with van der Waals surface area (Å²) in [6.07, 6.45) is 3.98. The molecule has 0 spiro atoms. The summed E-state index contributed by atoms with van der Waals surface area (Å²) >= 11 is 3.32. The molecular formula is C12H19BrN2O. The van der Waals surface area contributed by atoms with Crippen LogP contribution in [0.5, 0.6) is 0 Å². The molecule has 0 bridgehead atoms. The minimum atomic E-state index is 0.650. The van der Waals surface area contributed by atoms with E-state index in [-0.39, 0.29) is 0 Å². The first-order valence-corrected chi connectivity index (χ1v) is 6.69. The molecule has 0 aliphatic carbocycles. The lowest BCUT2D eigenvalue weighted by molar-refractivity contribution is 0.240. The van der Waals surface area contributed by atoms with Gasteiger partial charge in [-0.25, -0.2) is 0 Å². The molecule has 0 amide bonds. The predicted octanol–water partition coefficient (Wildman–Crippen LogP) is 2.62. The Hall–Kier alpha value is -0.320. The van der Waals surface area contributed by atoms with E-state index in [1.54, 1.807) is 0 Å². The molecule has 1 unspecified atom stereocenters. The van der Waals surface area contributed by atoms with Crippen LogP contribution in [0.2, 0.25) is 0 Å². The summed E-state index contributed by atoms with van der Waals surface area (Å²) in [7, 11) is 2.15. The lowest BCUT2D eigenvalue weighted by Crippen LogP contribution is -2.42. The smallest absolute Gasteiger partial charge is 0.169 e. The van der Waals surface area contributed by atoms with E-state index in [1.165, 1.54) is 25.8 Å². The number of nitrogens with one attached hydrogen (secondary N) is 1. The lowest BCUT2D eigenvalue weighted by Gasteiger charge is -2.27. The number of furan rings is 1. The topological polar surface area (TPSA) is 28.4 Å². The standard InChI is InChI=1S/C12H19BrN2O/c1-15(8-10-4-2-3-7-14-10)9-11-5-6-12(13)16-11/h5-6,10,14H,2-4,7-9H2,1H3. The molecule has 1 N–H and O–H groups in total. The molecule has 1 fully saturated rings. The highest BCUT2D eigenvalue weighted by Crippen LogP contribution is 2.16. The third-order valence-electron chi connectivity index (χ3n) is 3.00. The van der Waals surface area contributed by atoms with Gasteiger partial charge in [0, 0.05) is 12.6 Å². The highest BCUT2D eigenvalue weighted by atomic mass is 79.9. The molecule has 2 heterocycles. The third kappa shape index (κ3) is 3.61. The monoisotopic (exact) mass is 286 g/mol. The maximum absolute atomic E-state index is 5.50. The Balaban J connectivity index is 1.77. The first-order chi connectivity index (χ1) is 7.74. The van der Waals surface area contributed by atoms with Crippen molar-refractivity contribution in [1.29, 1.82) is 0 Å². The van der Waals surface area contributed by atoms with Crippen LogP contribution in [-0.4, -0.2) is 31.1 Å². The molecular weight excluding hydrogens is 268 g/mol. The van der Waals surface area contributed by atoms with E-state index in [0.717, 1.165) is 23.5 Å². The zero-order valence-corrected chi connectivity index (χ0v) is 11.3. The summed E-state index contributed by atoms with van der Waals surface area (Å²) in [5, 5.41) is 3.56. The molecule has 1 aliphatic heterocycles. The first kappa shape index (κ1) is 12.1. The van der Waals surface area contributed by atoms with E-state index in [1.807, 2.05) is 12.1 Å². The van der Waals surface area contributed by atoms with Crippen LogP contribution in [0.3, 0.4) is 0 Å². The van der Waals surface area contributed by atoms with Gasteiger partial charge in [0.15, 0.2) is 4.67 Å². The molecule has 1 saturated heterocycles. The Kier molecular flexibility index (Phi) is 4.44. The molecule has 1 atom stereocenters. The van der Waals surface area contributed by atoms with Crippen LogP contribution in [-0.2, 0) is 6.54 Å². The number of hydrogen-bond acceptors (Lipinski definition) is 3. The summed E-state index contributed by atoms with van der Waals surface area (Å²) < 4.78 is 6.31. The molecule has 1 aliphatic rings. The average Bonchev–Trinajstić information content (AvgIpc) is 2.65. The molecule has 0 aromatic carbocycles. The van der Waals surface area contributed by atoms with E-state index in [0.29, 0.717) is 6.04 Å². The van der Waals surface area contributed by atoms with Crippen LogP contribution in [0, 0.1) is 0 Å². The number of rotatable bonds is 4. The number of halogens is 1. The van der Waals surface area contributed by atoms with Gasteiger partial charge in [0.25, 0.3) is 0 Å². The number of hydrogen-bond donors (Lipinski definition) is 1. The van der Waals surface area contributed by atoms with Crippen LogP contribution in [0.4, 0.5) is 0 Å². The van der Waals surface area contributed by atoms with Gasteiger partial charge in [-0.2, -0.15) is 0 Å². The zero-order chi connectivity index (χ0) is 11.4. The van der Waals surface area contributed by atoms with Gasteiger partial charge in [-0.3, -0.25) is 4.90 Å². The second-order valence-corrected chi connectivity index (χ2v) is 5.33. The lowest BCUT2D eigenvalue weighted by atomic mass is 10.0. The minimum absolute atomic E-state index is 0.650. The fraction of sp³-hybridized carbons (Fsp3) is 0.667. The van der Waals surface area contributed by atoms with Crippen molar-refractivity contribution >= 4 is 15.9 Å². The molecule has 90 valence electrons. The van der Waals surface area contributed by atoms with Crippen LogP contribution in [0.1, 0.15) is 25.0 Å². The second kappa shape index (κ2) is 5.84. The van der Waals surface area contributed by atoms with E-state index < -0.39 is 0 Å². The van der Waals surface area contributed by atoms with Crippen molar-refractivity contribution in [3.8, 4) is 0 Å². The Bertz CT molecular complexity index is 321. The third-order valence-corrected chi connectivity index (χ3v) is 3.43. The second-order valence-electron chi connectivity index (χ2n) is 4.55.